The highest BCUT2D eigenvalue weighted by molar-refractivity contribution is 5.92. The van der Waals surface area contributed by atoms with Crippen molar-refractivity contribution in [1.29, 1.82) is 0 Å². The Labute approximate surface area is 215 Å². The molecule has 0 aliphatic carbocycles. The topological polar surface area (TPSA) is 111 Å². The van der Waals surface area contributed by atoms with Gasteiger partial charge in [-0.3, -0.25) is 9.69 Å². The quantitative estimate of drug-likeness (QED) is 0.282. The second-order valence-electron chi connectivity index (χ2n) is 9.67. The first-order chi connectivity index (χ1) is 17.9. The van der Waals surface area contributed by atoms with Gasteiger partial charge in [-0.2, -0.15) is 0 Å². The molecule has 0 unspecified atom stereocenters. The maximum Gasteiger partial charge on any atom is 0.345 e. The van der Waals surface area contributed by atoms with Gasteiger partial charge in [0.2, 0.25) is 0 Å². The number of pyridine rings is 1. The number of hydrogen-bond acceptors (Lipinski definition) is 5. The third-order valence-corrected chi connectivity index (χ3v) is 7.47. The number of carboxylic acids is 1. The number of aromatic amines is 1. The van der Waals surface area contributed by atoms with Crippen molar-refractivity contribution in [3.8, 4) is 17.0 Å². The van der Waals surface area contributed by atoms with Crippen LogP contribution in [0.3, 0.4) is 0 Å². The van der Waals surface area contributed by atoms with Crippen LogP contribution in [0.25, 0.3) is 22.2 Å². The van der Waals surface area contributed by atoms with Gasteiger partial charge in [-0.25, -0.2) is 4.79 Å². The summed E-state index contributed by atoms with van der Waals surface area (Å²) >= 11 is 0. The minimum Gasteiger partial charge on any atom is -0.506 e. The predicted octanol–water partition coefficient (Wildman–Crippen LogP) is 4.58. The number of rotatable bonds is 8. The summed E-state index contributed by atoms with van der Waals surface area (Å²) in [5, 5.41) is 24.5. The molecular weight excluding hydrogens is 468 g/mol. The van der Waals surface area contributed by atoms with E-state index in [2.05, 4.69) is 45.0 Å². The normalized spacial score (nSPS) is 15.9. The van der Waals surface area contributed by atoms with E-state index in [4.69, 9.17) is 0 Å². The standard InChI is InChI=1S/C29H32N4O4/c1-3-23-26(31-28(35)25(27(23)34)29(36)37)18-11-12-24-19(14-18)15-22(32(24)2)17-33-13-7-10-21(33)16-30-20-8-5-4-6-9-20/h4-6,8-9,11-12,14-15,21,30H,3,7,10,13,16-17H2,1-2H3,(H,36,37)(H2,31,34,35)/t21-/m0/s1. The fourth-order valence-electron chi connectivity index (χ4n) is 5.47. The molecule has 8 heteroatoms. The summed E-state index contributed by atoms with van der Waals surface area (Å²) in [6, 6.07) is 18.8. The molecule has 2 aromatic carbocycles. The van der Waals surface area contributed by atoms with Crippen LogP contribution in [0.2, 0.25) is 0 Å². The van der Waals surface area contributed by atoms with Crippen LogP contribution in [0.15, 0.2) is 59.4 Å². The summed E-state index contributed by atoms with van der Waals surface area (Å²) in [4.78, 5) is 29.1. The number of aromatic carboxylic acids is 1. The number of carboxylic acid groups (broad SMARTS) is 1. The van der Waals surface area contributed by atoms with Crippen molar-refractivity contribution in [2.24, 2.45) is 7.05 Å². The Bertz CT molecular complexity index is 1510. The van der Waals surface area contributed by atoms with Crippen molar-refractivity contribution < 1.29 is 15.0 Å². The monoisotopic (exact) mass is 500 g/mol. The molecule has 1 fully saturated rings. The number of nitrogens with zero attached hydrogens (tertiary/aromatic N) is 2. The van der Waals surface area contributed by atoms with Gasteiger partial charge >= 0.3 is 5.97 Å². The molecule has 3 heterocycles. The molecule has 0 saturated carbocycles. The van der Waals surface area contributed by atoms with Gasteiger partial charge in [-0.15, -0.1) is 0 Å². The summed E-state index contributed by atoms with van der Waals surface area (Å²) in [6.45, 7) is 4.62. The van der Waals surface area contributed by atoms with Gasteiger partial charge in [0.05, 0.1) is 5.69 Å². The Morgan fingerprint density at radius 2 is 1.95 bits per heavy atom. The number of aromatic hydroxyl groups is 1. The van der Waals surface area contributed by atoms with Crippen LogP contribution in [-0.4, -0.2) is 49.8 Å². The first kappa shape index (κ1) is 24.6. The second-order valence-corrected chi connectivity index (χ2v) is 9.67. The Morgan fingerprint density at radius 1 is 1.16 bits per heavy atom. The van der Waals surface area contributed by atoms with Gasteiger partial charge in [0.25, 0.3) is 5.56 Å². The number of nitrogens with one attached hydrogen (secondary N) is 2. The van der Waals surface area contributed by atoms with Crippen molar-refractivity contribution in [1.82, 2.24) is 14.5 Å². The molecule has 192 valence electrons. The van der Waals surface area contributed by atoms with E-state index in [1.807, 2.05) is 43.3 Å². The van der Waals surface area contributed by atoms with Crippen molar-refractivity contribution in [3.63, 3.8) is 0 Å². The molecule has 8 nitrogen and oxygen atoms in total. The first-order valence-electron chi connectivity index (χ1n) is 12.7. The van der Waals surface area contributed by atoms with Gasteiger partial charge in [-0.1, -0.05) is 31.2 Å². The molecule has 0 radical (unpaired) electrons. The SMILES string of the molecule is CCc1c(-c2ccc3c(c2)cc(CN2CCC[C@H]2CNc2ccccc2)n3C)[nH]c(=O)c(C(=O)O)c1O. The van der Waals surface area contributed by atoms with Crippen LogP contribution in [0.5, 0.6) is 5.75 Å². The molecule has 0 amide bonds. The summed E-state index contributed by atoms with van der Waals surface area (Å²) in [6.07, 6.45) is 2.72. The van der Waals surface area contributed by atoms with E-state index < -0.39 is 22.8 Å². The molecular formula is C29H32N4O4. The van der Waals surface area contributed by atoms with Crippen molar-refractivity contribution in [3.05, 3.63) is 81.8 Å². The number of aromatic nitrogens is 2. The summed E-state index contributed by atoms with van der Waals surface area (Å²) in [5.74, 6) is -1.91. The van der Waals surface area contributed by atoms with Crippen LogP contribution in [0, 0.1) is 0 Å². The minimum atomic E-state index is -1.44. The molecule has 0 bridgehead atoms. The molecule has 4 N–H and O–H groups in total. The molecule has 37 heavy (non-hydrogen) atoms. The molecule has 1 atom stereocenters. The fraction of sp³-hybridized carbons (Fsp3) is 0.310. The van der Waals surface area contributed by atoms with E-state index >= 15 is 0 Å². The smallest absolute Gasteiger partial charge is 0.345 e. The number of likely N-dealkylation sites (tertiary alicyclic amines) is 1. The lowest BCUT2D eigenvalue weighted by Crippen LogP contribution is -2.34. The van der Waals surface area contributed by atoms with E-state index in [1.54, 1.807) is 0 Å². The number of hydrogen-bond donors (Lipinski definition) is 4. The third-order valence-electron chi connectivity index (χ3n) is 7.47. The van der Waals surface area contributed by atoms with Crippen molar-refractivity contribution >= 4 is 22.6 Å². The van der Waals surface area contributed by atoms with Crippen LogP contribution in [0.4, 0.5) is 5.69 Å². The number of carbonyl (C=O) groups is 1. The molecule has 2 aromatic heterocycles. The van der Waals surface area contributed by atoms with E-state index in [1.165, 1.54) is 12.1 Å². The molecule has 5 rings (SSSR count). The maximum atomic E-state index is 12.4. The highest BCUT2D eigenvalue weighted by atomic mass is 16.4. The van der Waals surface area contributed by atoms with Crippen LogP contribution < -0.4 is 10.9 Å². The molecule has 1 aliphatic heterocycles. The molecule has 1 saturated heterocycles. The van der Waals surface area contributed by atoms with Crippen molar-refractivity contribution in [2.45, 2.75) is 38.8 Å². The van der Waals surface area contributed by atoms with E-state index in [-0.39, 0.29) is 0 Å². The van der Waals surface area contributed by atoms with Crippen molar-refractivity contribution in [2.75, 3.05) is 18.4 Å². The zero-order chi connectivity index (χ0) is 26.1. The average molecular weight is 501 g/mol. The Balaban J connectivity index is 1.42. The minimum absolute atomic E-state index is 0.379. The number of anilines is 1. The largest absolute Gasteiger partial charge is 0.506 e. The number of H-pyrrole nitrogens is 1. The van der Waals surface area contributed by atoms with E-state index in [0.717, 1.165) is 48.2 Å². The Kier molecular flexibility index (Phi) is 6.76. The number of aryl methyl sites for hydroxylation is 1. The van der Waals surface area contributed by atoms with Gasteiger partial charge in [-0.05, 0) is 61.7 Å². The molecule has 0 spiro atoms. The Hall–Kier alpha value is -4.04. The fourth-order valence-corrected chi connectivity index (χ4v) is 5.47. The highest BCUT2D eigenvalue weighted by Gasteiger charge is 2.26. The van der Waals surface area contributed by atoms with Gasteiger partial charge in [0.15, 0.2) is 5.56 Å². The predicted molar refractivity (Wildman–Crippen MR) is 145 cm³/mol. The van der Waals surface area contributed by atoms with E-state index in [9.17, 15) is 19.8 Å². The van der Waals surface area contributed by atoms with Crippen LogP contribution in [-0.2, 0) is 20.0 Å². The summed E-state index contributed by atoms with van der Waals surface area (Å²) in [7, 11) is 2.07. The van der Waals surface area contributed by atoms with Gasteiger partial charge in [0.1, 0.15) is 5.75 Å². The lowest BCUT2D eigenvalue weighted by atomic mass is 9.99. The van der Waals surface area contributed by atoms with E-state index in [0.29, 0.717) is 23.7 Å². The average Bonchev–Trinajstić information content (AvgIpc) is 3.46. The highest BCUT2D eigenvalue weighted by Crippen LogP contribution is 2.33. The molecule has 4 aromatic rings. The zero-order valence-electron chi connectivity index (χ0n) is 21.1. The summed E-state index contributed by atoms with van der Waals surface area (Å²) in [5.41, 5.74) is 3.58. The number of benzene rings is 2. The number of para-hydroxylation sites is 1. The second kappa shape index (κ2) is 10.1. The Morgan fingerprint density at radius 3 is 2.68 bits per heavy atom. The zero-order valence-corrected chi connectivity index (χ0v) is 21.1. The third kappa shape index (κ3) is 4.72. The lowest BCUT2D eigenvalue weighted by Gasteiger charge is -2.25. The first-order valence-corrected chi connectivity index (χ1v) is 12.7. The molecule has 1 aliphatic rings. The van der Waals surface area contributed by atoms with Crippen LogP contribution in [0.1, 0.15) is 41.4 Å². The van der Waals surface area contributed by atoms with Crippen LogP contribution >= 0.6 is 0 Å². The van der Waals surface area contributed by atoms with Gasteiger partial charge in [0, 0.05) is 54.0 Å². The number of fused-ring (bicyclic) bond motifs is 1. The maximum absolute atomic E-state index is 12.4. The van der Waals surface area contributed by atoms with Gasteiger partial charge < -0.3 is 25.1 Å². The lowest BCUT2D eigenvalue weighted by molar-refractivity contribution is 0.0691. The summed E-state index contributed by atoms with van der Waals surface area (Å²) < 4.78 is 2.20.